The summed E-state index contributed by atoms with van der Waals surface area (Å²) in [6.07, 6.45) is 1.47. The molecule has 1 unspecified atom stereocenters. The van der Waals surface area contributed by atoms with Crippen molar-refractivity contribution in [1.82, 2.24) is 5.32 Å². The first-order valence-electron chi connectivity index (χ1n) is 5.78. The van der Waals surface area contributed by atoms with Crippen LogP contribution in [0.5, 0.6) is 0 Å². The molecule has 0 aliphatic rings. The molecule has 0 fully saturated rings. The van der Waals surface area contributed by atoms with Gasteiger partial charge in [0, 0.05) is 0 Å². The number of nitrogens with zero attached hydrogens (tertiary/aromatic N) is 1. The number of rotatable bonds is 7. The average molecular weight is 252 g/mol. The van der Waals surface area contributed by atoms with Crippen LogP contribution in [0, 0.1) is 5.82 Å². The second kappa shape index (κ2) is 7.55. The highest BCUT2D eigenvalue weighted by Crippen LogP contribution is 2.00. The molecule has 0 aliphatic heterocycles. The Hall–Kier alpha value is -1.75. The van der Waals surface area contributed by atoms with E-state index in [2.05, 4.69) is 10.5 Å². The molecule has 4 nitrogen and oxygen atoms in total. The number of carbonyl (C=O) groups excluding carboxylic acids is 1. The number of oxime groups is 1. The lowest BCUT2D eigenvalue weighted by atomic mass is 10.2. The first kappa shape index (κ1) is 14.3. The maximum Gasteiger partial charge on any atom is 0.150 e. The molecule has 0 spiro atoms. The Bertz CT molecular complexity index is 404. The normalized spacial score (nSPS) is 12.6. The average Bonchev–Trinajstić information content (AvgIpc) is 2.35. The van der Waals surface area contributed by atoms with E-state index in [4.69, 9.17) is 4.84 Å². The number of hydrogen-bond acceptors (Lipinski definition) is 4. The van der Waals surface area contributed by atoms with Crippen LogP contribution in [0.2, 0.25) is 0 Å². The molecule has 0 saturated carbocycles. The summed E-state index contributed by atoms with van der Waals surface area (Å²) in [6.45, 7) is 4.29. The lowest BCUT2D eigenvalue weighted by molar-refractivity contribution is -0.120. The largest absolute Gasteiger partial charge is 0.394 e. The molecule has 0 heterocycles. The molecule has 1 atom stereocenters. The van der Waals surface area contributed by atoms with Crippen molar-refractivity contribution in [2.24, 2.45) is 5.16 Å². The molecule has 1 aromatic rings. The van der Waals surface area contributed by atoms with Gasteiger partial charge in [-0.15, -0.1) is 0 Å². The quantitative estimate of drug-likeness (QED) is 0.594. The second-order valence-electron chi connectivity index (χ2n) is 3.80. The summed E-state index contributed by atoms with van der Waals surface area (Å²) in [5.74, 6) is -0.286. The molecule has 1 N–H and O–H groups in total. The zero-order valence-corrected chi connectivity index (χ0v) is 10.5. The van der Waals surface area contributed by atoms with E-state index in [-0.39, 0.29) is 24.2 Å². The highest BCUT2D eigenvalue weighted by Gasteiger charge is 2.12. The monoisotopic (exact) mass is 252 g/mol. The van der Waals surface area contributed by atoms with Crippen molar-refractivity contribution in [3.63, 3.8) is 0 Å². The smallest absolute Gasteiger partial charge is 0.150 e. The molecule has 18 heavy (non-hydrogen) atoms. The predicted molar refractivity (Wildman–Crippen MR) is 68.1 cm³/mol. The van der Waals surface area contributed by atoms with E-state index < -0.39 is 0 Å². The number of nitrogens with one attached hydrogen (secondary N) is 1. The summed E-state index contributed by atoms with van der Waals surface area (Å²) in [5.41, 5.74) is 0.735. The van der Waals surface area contributed by atoms with E-state index in [0.29, 0.717) is 6.54 Å². The number of carbonyl (C=O) groups is 1. The van der Waals surface area contributed by atoms with Crippen molar-refractivity contribution in [1.29, 1.82) is 0 Å². The molecular weight excluding hydrogens is 235 g/mol. The number of benzene rings is 1. The van der Waals surface area contributed by atoms with Crippen LogP contribution in [-0.4, -0.2) is 31.2 Å². The highest BCUT2D eigenvalue weighted by molar-refractivity contribution is 5.81. The standard InChI is InChI=1S/C13H17FN2O2/c1-3-15-13(10(2)17)9-18-16-8-11-4-6-12(14)7-5-11/h4-8,13,15H,3,9H2,1-2H3/b16-8+. The van der Waals surface area contributed by atoms with Gasteiger partial charge in [0.2, 0.25) is 0 Å². The predicted octanol–water partition coefficient (Wildman–Crippen LogP) is 1.74. The summed E-state index contributed by atoms with van der Waals surface area (Å²) in [5, 5.41) is 6.73. The van der Waals surface area contributed by atoms with Gasteiger partial charge in [0.25, 0.3) is 0 Å². The van der Waals surface area contributed by atoms with Crippen LogP contribution in [0.4, 0.5) is 4.39 Å². The molecule has 98 valence electrons. The number of likely N-dealkylation sites (N-methyl/N-ethyl adjacent to an activating group) is 1. The molecular formula is C13H17FN2O2. The van der Waals surface area contributed by atoms with Crippen molar-refractivity contribution >= 4 is 12.0 Å². The van der Waals surface area contributed by atoms with Gasteiger partial charge in [-0.05, 0) is 31.2 Å². The fourth-order valence-electron chi connectivity index (χ4n) is 1.33. The molecule has 0 bridgehead atoms. The Labute approximate surface area is 106 Å². The Morgan fingerprint density at radius 3 is 2.72 bits per heavy atom. The zero-order chi connectivity index (χ0) is 13.4. The topological polar surface area (TPSA) is 50.7 Å². The van der Waals surface area contributed by atoms with Crippen LogP contribution >= 0.6 is 0 Å². The van der Waals surface area contributed by atoms with Gasteiger partial charge in [0.15, 0.2) is 0 Å². The number of ketones is 1. The van der Waals surface area contributed by atoms with Gasteiger partial charge >= 0.3 is 0 Å². The summed E-state index contributed by atoms with van der Waals surface area (Å²) in [4.78, 5) is 16.2. The Morgan fingerprint density at radius 1 is 1.50 bits per heavy atom. The lowest BCUT2D eigenvalue weighted by Gasteiger charge is -2.12. The Balaban J connectivity index is 2.40. The van der Waals surface area contributed by atoms with Crippen molar-refractivity contribution in [3.05, 3.63) is 35.6 Å². The number of halogens is 1. The Morgan fingerprint density at radius 2 is 2.17 bits per heavy atom. The summed E-state index contributed by atoms with van der Waals surface area (Å²) < 4.78 is 12.6. The fourth-order valence-corrected chi connectivity index (χ4v) is 1.33. The fraction of sp³-hybridized carbons (Fsp3) is 0.385. The van der Waals surface area contributed by atoms with Gasteiger partial charge in [-0.3, -0.25) is 4.79 Å². The lowest BCUT2D eigenvalue weighted by Crippen LogP contribution is -2.38. The third kappa shape index (κ3) is 5.05. The maximum atomic E-state index is 12.6. The van der Waals surface area contributed by atoms with Crippen LogP contribution in [-0.2, 0) is 9.63 Å². The van der Waals surface area contributed by atoms with E-state index in [0.717, 1.165) is 5.56 Å². The van der Waals surface area contributed by atoms with Crippen molar-refractivity contribution in [3.8, 4) is 0 Å². The van der Waals surface area contributed by atoms with Gasteiger partial charge in [-0.25, -0.2) is 4.39 Å². The molecule has 0 amide bonds. The molecule has 0 saturated heterocycles. The second-order valence-corrected chi connectivity index (χ2v) is 3.80. The summed E-state index contributed by atoms with van der Waals surface area (Å²) >= 11 is 0. The minimum atomic E-state index is -0.347. The molecule has 0 aromatic heterocycles. The van der Waals surface area contributed by atoms with Crippen LogP contribution in [0.15, 0.2) is 29.4 Å². The van der Waals surface area contributed by atoms with Gasteiger partial charge in [0.1, 0.15) is 24.2 Å². The van der Waals surface area contributed by atoms with Crippen LogP contribution < -0.4 is 5.32 Å². The van der Waals surface area contributed by atoms with Gasteiger partial charge < -0.3 is 10.2 Å². The van der Waals surface area contributed by atoms with Crippen molar-refractivity contribution < 1.29 is 14.0 Å². The highest BCUT2D eigenvalue weighted by atomic mass is 19.1. The Kier molecular flexibility index (Phi) is 6.00. The van der Waals surface area contributed by atoms with Crippen LogP contribution in [0.3, 0.4) is 0 Å². The van der Waals surface area contributed by atoms with Gasteiger partial charge in [-0.1, -0.05) is 24.2 Å². The maximum absolute atomic E-state index is 12.6. The van der Waals surface area contributed by atoms with Crippen molar-refractivity contribution in [2.45, 2.75) is 19.9 Å². The van der Waals surface area contributed by atoms with E-state index >= 15 is 0 Å². The first-order valence-corrected chi connectivity index (χ1v) is 5.78. The van der Waals surface area contributed by atoms with Crippen LogP contribution in [0.1, 0.15) is 19.4 Å². The third-order valence-corrected chi connectivity index (χ3v) is 2.33. The zero-order valence-electron chi connectivity index (χ0n) is 10.5. The minimum absolute atomic E-state index is 0.00818. The molecule has 0 aliphatic carbocycles. The molecule has 1 rings (SSSR count). The van der Waals surface area contributed by atoms with Crippen molar-refractivity contribution in [2.75, 3.05) is 13.2 Å². The van der Waals surface area contributed by atoms with Gasteiger partial charge in [-0.2, -0.15) is 0 Å². The number of hydrogen-bond donors (Lipinski definition) is 1. The molecule has 1 aromatic carbocycles. The third-order valence-electron chi connectivity index (χ3n) is 2.33. The van der Waals surface area contributed by atoms with E-state index in [1.165, 1.54) is 25.3 Å². The van der Waals surface area contributed by atoms with E-state index in [1.54, 1.807) is 12.1 Å². The van der Waals surface area contributed by atoms with Gasteiger partial charge in [0.05, 0.1) is 6.21 Å². The molecule has 5 heteroatoms. The number of Topliss-reactive ketones (excluding diaryl/α,β-unsaturated/α-hetero) is 1. The summed E-state index contributed by atoms with van der Waals surface area (Å²) in [6, 6.07) is 5.53. The molecule has 0 radical (unpaired) electrons. The van der Waals surface area contributed by atoms with E-state index in [9.17, 15) is 9.18 Å². The first-order chi connectivity index (χ1) is 8.63. The SMILES string of the molecule is CCNC(CO/N=C/c1ccc(F)cc1)C(C)=O. The van der Waals surface area contributed by atoms with E-state index in [1.807, 2.05) is 6.92 Å². The van der Waals surface area contributed by atoms with Crippen LogP contribution in [0.25, 0.3) is 0 Å². The summed E-state index contributed by atoms with van der Waals surface area (Å²) in [7, 11) is 0. The minimum Gasteiger partial charge on any atom is -0.394 e.